The highest BCUT2D eigenvalue weighted by atomic mass is 16.5. The molecule has 7 nitrogen and oxygen atoms in total. The number of rotatable bonds is 4. The average Bonchev–Trinajstić information content (AvgIpc) is 2.81. The number of nitrogens with zero attached hydrogens (tertiary/aromatic N) is 4. The van der Waals surface area contributed by atoms with Crippen molar-refractivity contribution in [3.05, 3.63) is 48.8 Å². The second kappa shape index (κ2) is 9.80. The van der Waals surface area contributed by atoms with Gasteiger partial charge in [0.2, 0.25) is 0 Å². The predicted molar refractivity (Wildman–Crippen MR) is 122 cm³/mol. The standard InChI is InChI=1S/C23H32N6O/c1-30-22-6-2-5-21(16-22)28-12-14-29(15-13-28)23(27-20-4-3-11-25-17-20)26-19-9-7-18(24)8-10-19/h2-6,11,16-19H,7-10,12-15,24H2,1H3,(H,26,27). The number of anilines is 2. The first-order valence-corrected chi connectivity index (χ1v) is 10.9. The van der Waals surface area contributed by atoms with Crippen LogP contribution in [0.3, 0.4) is 0 Å². The van der Waals surface area contributed by atoms with E-state index in [2.05, 4.69) is 32.2 Å². The average molecular weight is 409 g/mol. The molecule has 0 radical (unpaired) electrons. The summed E-state index contributed by atoms with van der Waals surface area (Å²) in [6, 6.07) is 12.9. The number of hydrogen-bond acceptors (Lipinski definition) is 5. The third kappa shape index (κ3) is 5.21. The first-order valence-electron chi connectivity index (χ1n) is 10.9. The fourth-order valence-electron chi connectivity index (χ4n) is 4.15. The Kier molecular flexibility index (Phi) is 6.69. The molecular formula is C23H32N6O. The molecule has 1 aromatic heterocycles. The zero-order valence-electron chi connectivity index (χ0n) is 17.7. The van der Waals surface area contributed by atoms with Crippen LogP contribution >= 0.6 is 0 Å². The summed E-state index contributed by atoms with van der Waals surface area (Å²) in [7, 11) is 1.71. The molecule has 1 saturated heterocycles. The maximum absolute atomic E-state index is 6.09. The van der Waals surface area contributed by atoms with Crippen LogP contribution in [0.5, 0.6) is 5.75 Å². The zero-order valence-corrected chi connectivity index (χ0v) is 17.7. The number of piperazine rings is 1. The third-order valence-corrected chi connectivity index (χ3v) is 5.96. The molecule has 1 aliphatic carbocycles. The number of benzene rings is 1. The monoisotopic (exact) mass is 408 g/mol. The van der Waals surface area contributed by atoms with Crippen molar-refractivity contribution in [2.45, 2.75) is 37.8 Å². The van der Waals surface area contributed by atoms with Gasteiger partial charge in [0.25, 0.3) is 0 Å². The van der Waals surface area contributed by atoms with Crippen LogP contribution in [0.1, 0.15) is 25.7 Å². The maximum atomic E-state index is 6.09. The molecule has 0 bridgehead atoms. The Bertz CT molecular complexity index is 827. The summed E-state index contributed by atoms with van der Waals surface area (Å²) < 4.78 is 5.38. The van der Waals surface area contributed by atoms with Crippen LogP contribution in [0.4, 0.5) is 11.4 Å². The lowest BCUT2D eigenvalue weighted by Gasteiger charge is -2.38. The largest absolute Gasteiger partial charge is 0.497 e. The van der Waals surface area contributed by atoms with Gasteiger partial charge in [-0.15, -0.1) is 0 Å². The lowest BCUT2D eigenvalue weighted by atomic mass is 9.92. The normalized spacial score (nSPS) is 22.7. The molecule has 2 aromatic rings. The summed E-state index contributed by atoms with van der Waals surface area (Å²) in [5.74, 6) is 1.85. The zero-order chi connectivity index (χ0) is 20.8. The molecule has 0 amide bonds. The van der Waals surface area contributed by atoms with Crippen LogP contribution in [-0.2, 0) is 0 Å². The van der Waals surface area contributed by atoms with Crippen LogP contribution < -0.4 is 20.7 Å². The van der Waals surface area contributed by atoms with Gasteiger partial charge in [0.1, 0.15) is 5.75 Å². The number of guanidine groups is 1. The van der Waals surface area contributed by atoms with Gasteiger partial charge in [-0.2, -0.15) is 0 Å². The number of hydrogen-bond donors (Lipinski definition) is 2. The van der Waals surface area contributed by atoms with Crippen molar-refractivity contribution >= 4 is 17.3 Å². The smallest absolute Gasteiger partial charge is 0.198 e. The van der Waals surface area contributed by atoms with Crippen LogP contribution in [0.25, 0.3) is 0 Å². The van der Waals surface area contributed by atoms with E-state index in [9.17, 15) is 0 Å². The molecular weight excluding hydrogens is 376 g/mol. The van der Waals surface area contributed by atoms with Gasteiger partial charge in [-0.05, 0) is 49.9 Å². The van der Waals surface area contributed by atoms with E-state index in [0.29, 0.717) is 12.1 Å². The van der Waals surface area contributed by atoms with Gasteiger partial charge in [0.15, 0.2) is 5.96 Å². The van der Waals surface area contributed by atoms with Crippen LogP contribution in [0.15, 0.2) is 53.8 Å². The van der Waals surface area contributed by atoms with Gasteiger partial charge in [0.05, 0.1) is 25.0 Å². The molecule has 7 heteroatoms. The Balaban J connectivity index is 1.45. The van der Waals surface area contributed by atoms with E-state index in [0.717, 1.165) is 69.3 Å². The van der Waals surface area contributed by atoms with E-state index in [1.54, 1.807) is 13.3 Å². The van der Waals surface area contributed by atoms with Gasteiger partial charge >= 0.3 is 0 Å². The van der Waals surface area contributed by atoms with Gasteiger partial charge < -0.3 is 25.6 Å². The number of ether oxygens (including phenoxy) is 1. The van der Waals surface area contributed by atoms with E-state index in [1.807, 2.05) is 30.5 Å². The summed E-state index contributed by atoms with van der Waals surface area (Å²) in [4.78, 5) is 14.1. The second-order valence-corrected chi connectivity index (χ2v) is 8.06. The maximum Gasteiger partial charge on any atom is 0.198 e. The fraction of sp³-hybridized carbons (Fsp3) is 0.478. The predicted octanol–water partition coefficient (Wildman–Crippen LogP) is 2.95. The highest BCUT2D eigenvalue weighted by Gasteiger charge is 2.23. The second-order valence-electron chi connectivity index (χ2n) is 8.06. The van der Waals surface area contributed by atoms with Crippen LogP contribution in [0.2, 0.25) is 0 Å². The minimum absolute atomic E-state index is 0.331. The number of methoxy groups -OCH3 is 1. The summed E-state index contributed by atoms with van der Waals surface area (Å²) in [5, 5.41) is 3.52. The molecule has 0 spiro atoms. The molecule has 2 aliphatic rings. The van der Waals surface area contributed by atoms with Crippen molar-refractivity contribution in [1.29, 1.82) is 0 Å². The van der Waals surface area contributed by atoms with E-state index < -0.39 is 0 Å². The summed E-state index contributed by atoms with van der Waals surface area (Å²) in [6.45, 7) is 3.71. The van der Waals surface area contributed by atoms with E-state index in [4.69, 9.17) is 15.5 Å². The molecule has 2 fully saturated rings. The van der Waals surface area contributed by atoms with Crippen LogP contribution in [-0.4, -0.2) is 61.2 Å². The summed E-state index contributed by atoms with van der Waals surface area (Å²) in [6.07, 6.45) is 7.86. The van der Waals surface area contributed by atoms with Crippen molar-refractivity contribution in [2.24, 2.45) is 10.7 Å². The lowest BCUT2D eigenvalue weighted by Crippen LogP contribution is -2.51. The number of nitrogens with one attached hydrogen (secondary N) is 1. The Labute approximate surface area is 178 Å². The molecule has 2 heterocycles. The number of pyridine rings is 1. The Morgan fingerprint density at radius 1 is 1.10 bits per heavy atom. The Hall–Kier alpha value is -2.80. The lowest BCUT2D eigenvalue weighted by molar-refractivity contribution is 0.366. The molecule has 1 aliphatic heterocycles. The molecule has 1 saturated carbocycles. The molecule has 0 unspecified atom stereocenters. The number of aromatic nitrogens is 1. The van der Waals surface area contributed by atoms with Crippen LogP contribution in [0, 0.1) is 0 Å². The van der Waals surface area contributed by atoms with Crippen molar-refractivity contribution in [3.63, 3.8) is 0 Å². The molecule has 0 atom stereocenters. The van der Waals surface area contributed by atoms with Gasteiger partial charge in [-0.1, -0.05) is 6.07 Å². The Morgan fingerprint density at radius 3 is 2.60 bits per heavy atom. The number of aliphatic imine (C=N–C) groups is 1. The summed E-state index contributed by atoms with van der Waals surface area (Å²) >= 11 is 0. The molecule has 30 heavy (non-hydrogen) atoms. The summed E-state index contributed by atoms with van der Waals surface area (Å²) in [5.41, 5.74) is 8.26. The van der Waals surface area contributed by atoms with Crippen molar-refractivity contribution in [3.8, 4) is 5.75 Å². The van der Waals surface area contributed by atoms with E-state index in [-0.39, 0.29) is 0 Å². The molecule has 4 rings (SSSR count). The van der Waals surface area contributed by atoms with Crippen molar-refractivity contribution in [2.75, 3.05) is 43.5 Å². The topological polar surface area (TPSA) is 79.0 Å². The molecule has 160 valence electrons. The molecule has 3 N–H and O–H groups in total. The first-order chi connectivity index (χ1) is 14.7. The molecule has 1 aromatic carbocycles. The minimum atomic E-state index is 0.331. The van der Waals surface area contributed by atoms with Gasteiger partial charge in [-0.25, -0.2) is 4.99 Å². The van der Waals surface area contributed by atoms with Gasteiger partial charge in [0, 0.05) is 50.2 Å². The van der Waals surface area contributed by atoms with Crippen molar-refractivity contribution in [1.82, 2.24) is 9.88 Å². The highest BCUT2D eigenvalue weighted by molar-refractivity contribution is 5.93. The SMILES string of the molecule is COc1cccc(N2CCN(C(=NC3CCC(N)CC3)Nc3cccnc3)CC2)c1. The highest BCUT2D eigenvalue weighted by Crippen LogP contribution is 2.24. The minimum Gasteiger partial charge on any atom is -0.497 e. The number of nitrogens with two attached hydrogens (primary N) is 1. The third-order valence-electron chi connectivity index (χ3n) is 5.96. The van der Waals surface area contributed by atoms with Gasteiger partial charge in [-0.3, -0.25) is 4.98 Å². The van der Waals surface area contributed by atoms with E-state index in [1.165, 1.54) is 5.69 Å². The fourth-order valence-corrected chi connectivity index (χ4v) is 4.15. The Morgan fingerprint density at radius 2 is 1.90 bits per heavy atom. The quantitative estimate of drug-likeness (QED) is 0.598. The van der Waals surface area contributed by atoms with E-state index >= 15 is 0 Å². The first kappa shape index (κ1) is 20.5. The van der Waals surface area contributed by atoms with Crippen molar-refractivity contribution < 1.29 is 4.74 Å².